The highest BCUT2D eigenvalue weighted by molar-refractivity contribution is 6.39. The number of amides is 2. The first-order valence-corrected chi connectivity index (χ1v) is 7.06. The summed E-state index contributed by atoms with van der Waals surface area (Å²) in [6.45, 7) is 2.83. The summed E-state index contributed by atoms with van der Waals surface area (Å²) in [7, 11) is 3.78. The van der Waals surface area contributed by atoms with Crippen LogP contribution in [0.1, 0.15) is 5.82 Å². The highest BCUT2D eigenvalue weighted by Crippen LogP contribution is 2.14. The van der Waals surface area contributed by atoms with Crippen LogP contribution in [0.25, 0.3) is 5.69 Å². The number of tetrazole rings is 1. The monoisotopic (exact) mass is 317 g/mol. The maximum atomic E-state index is 11.9. The summed E-state index contributed by atoms with van der Waals surface area (Å²) in [5, 5.41) is 16.3. The number of nitrogens with zero attached hydrogens (tertiary/aromatic N) is 5. The molecule has 0 atom stereocenters. The third-order valence-corrected chi connectivity index (χ3v) is 3.02. The topological polar surface area (TPSA) is 105 Å². The summed E-state index contributed by atoms with van der Waals surface area (Å²) in [5.41, 5.74) is 1.18. The highest BCUT2D eigenvalue weighted by Gasteiger charge is 2.13. The first-order chi connectivity index (χ1) is 11.0. The first kappa shape index (κ1) is 16.6. The van der Waals surface area contributed by atoms with Crippen LogP contribution in [0.15, 0.2) is 24.3 Å². The third-order valence-electron chi connectivity index (χ3n) is 3.02. The van der Waals surface area contributed by atoms with Crippen molar-refractivity contribution in [2.75, 3.05) is 32.5 Å². The average molecular weight is 317 g/mol. The van der Waals surface area contributed by atoms with Gasteiger partial charge in [0, 0.05) is 18.8 Å². The Bertz CT molecular complexity index is 696. The van der Waals surface area contributed by atoms with E-state index < -0.39 is 11.8 Å². The van der Waals surface area contributed by atoms with Crippen molar-refractivity contribution in [3.05, 3.63) is 30.1 Å². The molecule has 0 aliphatic heterocycles. The lowest BCUT2D eigenvalue weighted by molar-refractivity contribution is -0.136. The van der Waals surface area contributed by atoms with Crippen LogP contribution in [-0.4, -0.2) is 64.1 Å². The maximum absolute atomic E-state index is 11.9. The molecule has 0 saturated carbocycles. The molecule has 1 heterocycles. The van der Waals surface area contributed by atoms with Gasteiger partial charge in [0.2, 0.25) is 0 Å². The van der Waals surface area contributed by atoms with Crippen molar-refractivity contribution in [2.45, 2.75) is 6.92 Å². The molecule has 0 fully saturated rings. The first-order valence-electron chi connectivity index (χ1n) is 7.06. The van der Waals surface area contributed by atoms with Gasteiger partial charge in [-0.15, -0.1) is 5.10 Å². The lowest BCUT2D eigenvalue weighted by atomic mass is 10.2. The number of carbonyl (C=O) groups excluding carboxylic acids is 2. The summed E-state index contributed by atoms with van der Waals surface area (Å²) in [5.74, 6) is -0.764. The molecule has 9 heteroatoms. The van der Waals surface area contributed by atoms with Crippen molar-refractivity contribution in [3.8, 4) is 5.69 Å². The molecule has 0 unspecified atom stereocenters. The Hall–Kier alpha value is -2.81. The predicted molar refractivity (Wildman–Crippen MR) is 84.1 cm³/mol. The number of hydrogen-bond acceptors (Lipinski definition) is 6. The largest absolute Gasteiger partial charge is 0.347 e. The van der Waals surface area contributed by atoms with Crippen molar-refractivity contribution in [1.82, 2.24) is 30.4 Å². The normalized spacial score (nSPS) is 10.6. The number of rotatable bonds is 5. The average Bonchev–Trinajstić information content (AvgIpc) is 2.93. The summed E-state index contributed by atoms with van der Waals surface area (Å²) in [4.78, 5) is 25.5. The lowest BCUT2D eigenvalue weighted by Crippen LogP contribution is -2.38. The zero-order chi connectivity index (χ0) is 16.8. The van der Waals surface area contributed by atoms with Gasteiger partial charge in [0.05, 0.1) is 5.69 Å². The molecule has 2 rings (SSSR count). The van der Waals surface area contributed by atoms with Gasteiger partial charge in [0.15, 0.2) is 5.82 Å². The van der Waals surface area contributed by atoms with Crippen LogP contribution in [0.5, 0.6) is 0 Å². The fraction of sp³-hybridized carbons (Fsp3) is 0.357. The van der Waals surface area contributed by atoms with Crippen LogP contribution in [0.3, 0.4) is 0 Å². The lowest BCUT2D eigenvalue weighted by Gasteiger charge is -2.11. The van der Waals surface area contributed by atoms with Crippen LogP contribution in [0.4, 0.5) is 5.69 Å². The number of carbonyl (C=O) groups is 2. The highest BCUT2D eigenvalue weighted by atomic mass is 16.2. The number of likely N-dealkylation sites (N-methyl/N-ethyl adjacent to an activating group) is 1. The minimum atomic E-state index is -0.714. The van der Waals surface area contributed by atoms with Crippen molar-refractivity contribution >= 4 is 17.5 Å². The van der Waals surface area contributed by atoms with Gasteiger partial charge in [-0.25, -0.2) is 0 Å². The van der Waals surface area contributed by atoms with Crippen molar-refractivity contribution in [1.29, 1.82) is 0 Å². The molecule has 2 aromatic rings. The van der Waals surface area contributed by atoms with Gasteiger partial charge in [0.1, 0.15) is 0 Å². The fourth-order valence-electron chi connectivity index (χ4n) is 1.85. The molecule has 0 spiro atoms. The summed E-state index contributed by atoms with van der Waals surface area (Å²) in [6, 6.07) is 6.93. The van der Waals surface area contributed by atoms with Crippen LogP contribution in [-0.2, 0) is 9.59 Å². The van der Waals surface area contributed by atoms with Crippen LogP contribution in [0.2, 0.25) is 0 Å². The van der Waals surface area contributed by atoms with E-state index >= 15 is 0 Å². The second kappa shape index (κ2) is 7.45. The number of nitrogens with one attached hydrogen (secondary N) is 2. The minimum Gasteiger partial charge on any atom is -0.347 e. The SMILES string of the molecule is Cc1nnnn1-c1cccc(NC(=O)C(=O)NCCN(C)C)c1. The van der Waals surface area contributed by atoms with E-state index in [2.05, 4.69) is 26.2 Å². The zero-order valence-electron chi connectivity index (χ0n) is 13.3. The second-order valence-corrected chi connectivity index (χ2v) is 5.20. The van der Waals surface area contributed by atoms with E-state index in [9.17, 15) is 9.59 Å². The smallest absolute Gasteiger partial charge is 0.313 e. The number of benzene rings is 1. The van der Waals surface area contributed by atoms with E-state index in [-0.39, 0.29) is 0 Å². The number of anilines is 1. The molecule has 0 aliphatic rings. The van der Waals surface area contributed by atoms with Crippen molar-refractivity contribution < 1.29 is 9.59 Å². The van der Waals surface area contributed by atoms with Gasteiger partial charge in [-0.1, -0.05) is 6.07 Å². The number of aryl methyl sites for hydroxylation is 1. The summed E-state index contributed by atoms with van der Waals surface area (Å²) in [6.07, 6.45) is 0. The van der Waals surface area contributed by atoms with E-state index in [1.165, 1.54) is 4.68 Å². The molecule has 2 N–H and O–H groups in total. The quantitative estimate of drug-likeness (QED) is 0.726. The van der Waals surface area contributed by atoms with Crippen molar-refractivity contribution in [3.63, 3.8) is 0 Å². The van der Waals surface area contributed by atoms with Gasteiger partial charge in [-0.2, -0.15) is 4.68 Å². The zero-order valence-corrected chi connectivity index (χ0v) is 13.3. The Labute approximate surface area is 133 Å². The molecule has 1 aromatic carbocycles. The maximum Gasteiger partial charge on any atom is 0.313 e. The molecular weight excluding hydrogens is 298 g/mol. The Morgan fingerprint density at radius 2 is 2.04 bits per heavy atom. The summed E-state index contributed by atoms with van der Waals surface area (Å²) >= 11 is 0. The molecule has 2 amide bonds. The van der Waals surface area contributed by atoms with Gasteiger partial charge >= 0.3 is 11.8 Å². The fourth-order valence-corrected chi connectivity index (χ4v) is 1.85. The second-order valence-electron chi connectivity index (χ2n) is 5.20. The molecule has 0 radical (unpaired) electrons. The minimum absolute atomic E-state index is 0.406. The van der Waals surface area contributed by atoms with Crippen LogP contribution < -0.4 is 10.6 Å². The van der Waals surface area contributed by atoms with E-state index in [0.29, 0.717) is 30.3 Å². The van der Waals surface area contributed by atoms with Gasteiger partial charge < -0.3 is 15.5 Å². The Balaban J connectivity index is 1.99. The van der Waals surface area contributed by atoms with E-state index in [1.807, 2.05) is 19.0 Å². The van der Waals surface area contributed by atoms with E-state index in [1.54, 1.807) is 31.2 Å². The predicted octanol–water partition coefficient (Wildman–Crippen LogP) is -0.413. The molecular formula is C14H19N7O2. The van der Waals surface area contributed by atoms with Gasteiger partial charge in [-0.05, 0) is 49.6 Å². The molecule has 0 bridgehead atoms. The standard InChI is InChI=1S/C14H19N7O2/c1-10-17-18-19-21(10)12-6-4-5-11(9-12)16-14(23)13(22)15-7-8-20(2)3/h4-6,9H,7-8H2,1-3H3,(H,15,22)(H,16,23). The summed E-state index contributed by atoms with van der Waals surface area (Å²) < 4.78 is 1.53. The van der Waals surface area contributed by atoms with Gasteiger partial charge in [0.25, 0.3) is 0 Å². The third kappa shape index (κ3) is 4.58. The molecule has 23 heavy (non-hydrogen) atoms. The Morgan fingerprint density at radius 1 is 1.26 bits per heavy atom. The van der Waals surface area contributed by atoms with Crippen LogP contribution >= 0.6 is 0 Å². The Kier molecular flexibility index (Phi) is 5.36. The molecule has 1 aromatic heterocycles. The van der Waals surface area contributed by atoms with Crippen LogP contribution in [0, 0.1) is 6.92 Å². The molecule has 0 aliphatic carbocycles. The number of hydrogen-bond donors (Lipinski definition) is 2. The van der Waals surface area contributed by atoms with E-state index in [0.717, 1.165) is 0 Å². The molecule has 122 valence electrons. The number of aromatic nitrogens is 4. The molecule has 9 nitrogen and oxygen atoms in total. The molecule has 0 saturated heterocycles. The van der Waals surface area contributed by atoms with Gasteiger partial charge in [-0.3, -0.25) is 9.59 Å². The van der Waals surface area contributed by atoms with Crippen molar-refractivity contribution in [2.24, 2.45) is 0 Å². The van der Waals surface area contributed by atoms with E-state index in [4.69, 9.17) is 0 Å². The Morgan fingerprint density at radius 3 is 2.70 bits per heavy atom.